The highest BCUT2D eigenvalue weighted by atomic mass is 16.6. The van der Waals surface area contributed by atoms with Crippen LogP contribution in [0.5, 0.6) is 0 Å². The van der Waals surface area contributed by atoms with Crippen molar-refractivity contribution in [2.75, 3.05) is 19.8 Å². The standard InChI is InChI=1S/C53H98O5/c1-4-7-10-13-16-19-21-23-25-27-29-31-33-35-37-40-43-46-52(54)57-50-51(49-56-48-45-42-39-18-15-12-9-6-3)58-53(55)47-44-41-38-36-34-32-30-28-26-24-22-20-17-14-11-8-5-2/h7,10,16,19,23,25,51H,4-6,8-9,11-15,17-18,20-22,24,26-50H2,1-3H3/b10-7-,19-16-,25-23-. The molecule has 0 aromatic rings. The molecule has 0 aliphatic heterocycles. The summed E-state index contributed by atoms with van der Waals surface area (Å²) in [4.78, 5) is 25.3. The molecule has 5 nitrogen and oxygen atoms in total. The summed E-state index contributed by atoms with van der Waals surface area (Å²) in [5.74, 6) is -0.395. The average Bonchev–Trinajstić information content (AvgIpc) is 3.22. The maximum absolute atomic E-state index is 12.8. The summed E-state index contributed by atoms with van der Waals surface area (Å²) in [5.41, 5.74) is 0. The Bertz CT molecular complexity index is 924. The minimum absolute atomic E-state index is 0.0854. The van der Waals surface area contributed by atoms with Gasteiger partial charge in [-0.2, -0.15) is 0 Å². The second kappa shape index (κ2) is 49.5. The molecule has 340 valence electrons. The van der Waals surface area contributed by atoms with E-state index in [-0.39, 0.29) is 18.5 Å². The molecule has 0 N–H and O–H groups in total. The van der Waals surface area contributed by atoms with E-state index in [1.165, 1.54) is 161 Å². The number of rotatable bonds is 47. The molecule has 1 atom stereocenters. The summed E-state index contributed by atoms with van der Waals surface area (Å²) in [7, 11) is 0. The van der Waals surface area contributed by atoms with E-state index in [1.54, 1.807) is 0 Å². The molecule has 0 fully saturated rings. The van der Waals surface area contributed by atoms with Gasteiger partial charge in [-0.05, 0) is 51.4 Å². The quantitative estimate of drug-likeness (QED) is 0.0348. The summed E-state index contributed by atoms with van der Waals surface area (Å²) in [6.45, 7) is 7.73. The van der Waals surface area contributed by atoms with Crippen molar-refractivity contribution in [3.05, 3.63) is 36.5 Å². The van der Waals surface area contributed by atoms with E-state index in [1.807, 2.05) is 0 Å². The lowest BCUT2D eigenvalue weighted by Gasteiger charge is -2.18. The first kappa shape index (κ1) is 56.1. The Hall–Kier alpha value is -1.88. The van der Waals surface area contributed by atoms with Gasteiger partial charge in [0.1, 0.15) is 6.61 Å². The molecule has 0 aromatic heterocycles. The third kappa shape index (κ3) is 46.8. The maximum atomic E-state index is 12.8. The van der Waals surface area contributed by atoms with E-state index < -0.39 is 6.10 Å². The predicted molar refractivity (Wildman–Crippen MR) is 252 cm³/mol. The Balaban J connectivity index is 4.13. The zero-order valence-electron chi connectivity index (χ0n) is 39.1. The summed E-state index contributed by atoms with van der Waals surface area (Å²) >= 11 is 0. The van der Waals surface area contributed by atoms with Gasteiger partial charge in [0.05, 0.1) is 6.61 Å². The number of ether oxygens (including phenoxy) is 3. The second-order valence-electron chi connectivity index (χ2n) is 17.1. The highest BCUT2D eigenvalue weighted by Gasteiger charge is 2.17. The molecular weight excluding hydrogens is 717 g/mol. The van der Waals surface area contributed by atoms with Crippen LogP contribution >= 0.6 is 0 Å². The van der Waals surface area contributed by atoms with Crippen LogP contribution in [0.15, 0.2) is 36.5 Å². The molecule has 0 rings (SSSR count). The van der Waals surface area contributed by atoms with Crippen LogP contribution in [-0.2, 0) is 23.8 Å². The van der Waals surface area contributed by atoms with Gasteiger partial charge in [0.15, 0.2) is 6.10 Å². The molecule has 0 bridgehead atoms. The molecule has 0 amide bonds. The van der Waals surface area contributed by atoms with Crippen LogP contribution < -0.4 is 0 Å². The van der Waals surface area contributed by atoms with Crippen molar-refractivity contribution in [3.8, 4) is 0 Å². The fourth-order valence-corrected chi connectivity index (χ4v) is 7.41. The number of hydrogen-bond donors (Lipinski definition) is 0. The third-order valence-electron chi connectivity index (χ3n) is 11.2. The van der Waals surface area contributed by atoms with E-state index in [0.717, 1.165) is 70.6 Å². The smallest absolute Gasteiger partial charge is 0.306 e. The first-order chi connectivity index (χ1) is 28.6. The minimum atomic E-state index is -0.532. The maximum Gasteiger partial charge on any atom is 0.306 e. The highest BCUT2D eigenvalue weighted by molar-refractivity contribution is 5.70. The third-order valence-corrected chi connectivity index (χ3v) is 11.2. The number of esters is 2. The molecular formula is C53H98O5. The van der Waals surface area contributed by atoms with Crippen molar-refractivity contribution in [2.24, 2.45) is 0 Å². The number of carbonyl (C=O) groups is 2. The SMILES string of the molecule is CC/C=C\C/C=C\C/C=C\CCCCCCCCCC(=O)OCC(COCCCCCCCCCC)OC(=O)CCCCCCCCCCCCCCCCCCC. The van der Waals surface area contributed by atoms with Gasteiger partial charge in [-0.1, -0.05) is 237 Å². The number of unbranched alkanes of at least 4 members (excludes halogenated alkanes) is 30. The minimum Gasteiger partial charge on any atom is -0.462 e. The molecule has 0 saturated heterocycles. The Morgan fingerprint density at radius 1 is 0.397 bits per heavy atom. The van der Waals surface area contributed by atoms with Gasteiger partial charge in [0.25, 0.3) is 0 Å². The van der Waals surface area contributed by atoms with Gasteiger partial charge in [0, 0.05) is 19.4 Å². The monoisotopic (exact) mass is 815 g/mol. The highest BCUT2D eigenvalue weighted by Crippen LogP contribution is 2.16. The van der Waals surface area contributed by atoms with Crippen LogP contribution in [0.2, 0.25) is 0 Å². The van der Waals surface area contributed by atoms with Crippen molar-refractivity contribution < 1.29 is 23.8 Å². The van der Waals surface area contributed by atoms with Crippen molar-refractivity contribution >= 4 is 11.9 Å². The lowest BCUT2D eigenvalue weighted by molar-refractivity contribution is -0.163. The van der Waals surface area contributed by atoms with E-state index in [9.17, 15) is 9.59 Å². The molecule has 0 aromatic carbocycles. The van der Waals surface area contributed by atoms with Crippen molar-refractivity contribution in [1.29, 1.82) is 0 Å². The zero-order valence-corrected chi connectivity index (χ0v) is 39.1. The van der Waals surface area contributed by atoms with E-state index in [4.69, 9.17) is 14.2 Å². The molecule has 0 aliphatic rings. The van der Waals surface area contributed by atoms with Crippen LogP contribution in [0.3, 0.4) is 0 Å². The van der Waals surface area contributed by atoms with Gasteiger partial charge >= 0.3 is 11.9 Å². The Kier molecular flexibility index (Phi) is 47.9. The van der Waals surface area contributed by atoms with E-state index in [2.05, 4.69) is 57.2 Å². The van der Waals surface area contributed by atoms with Gasteiger partial charge in [0.2, 0.25) is 0 Å². The molecule has 58 heavy (non-hydrogen) atoms. The second-order valence-corrected chi connectivity index (χ2v) is 17.1. The first-order valence-corrected chi connectivity index (χ1v) is 25.5. The number of carbonyl (C=O) groups excluding carboxylic acids is 2. The van der Waals surface area contributed by atoms with Gasteiger partial charge in [-0.15, -0.1) is 0 Å². The Labute approximate surface area is 361 Å². The Morgan fingerprint density at radius 3 is 1.24 bits per heavy atom. The van der Waals surface area contributed by atoms with Gasteiger partial charge < -0.3 is 14.2 Å². The summed E-state index contributed by atoms with van der Waals surface area (Å²) in [6, 6.07) is 0. The normalized spacial score (nSPS) is 12.4. The first-order valence-electron chi connectivity index (χ1n) is 25.5. The van der Waals surface area contributed by atoms with Crippen LogP contribution in [0.1, 0.15) is 265 Å². The fraction of sp³-hybridized carbons (Fsp3) is 0.849. The van der Waals surface area contributed by atoms with E-state index in [0.29, 0.717) is 26.1 Å². The molecule has 1 unspecified atom stereocenters. The largest absolute Gasteiger partial charge is 0.462 e. The van der Waals surface area contributed by atoms with Gasteiger partial charge in [-0.3, -0.25) is 9.59 Å². The summed E-state index contributed by atoms with van der Waals surface area (Å²) in [6.07, 6.45) is 58.7. The molecule has 0 spiro atoms. The fourth-order valence-electron chi connectivity index (χ4n) is 7.41. The molecule has 0 radical (unpaired) electrons. The Morgan fingerprint density at radius 2 is 0.776 bits per heavy atom. The molecule has 0 aliphatic carbocycles. The van der Waals surface area contributed by atoms with Crippen LogP contribution in [0, 0.1) is 0 Å². The topological polar surface area (TPSA) is 61.8 Å². The van der Waals surface area contributed by atoms with Crippen molar-refractivity contribution in [1.82, 2.24) is 0 Å². The summed E-state index contributed by atoms with van der Waals surface area (Å²) in [5, 5.41) is 0. The lowest BCUT2D eigenvalue weighted by atomic mass is 10.0. The van der Waals surface area contributed by atoms with E-state index >= 15 is 0 Å². The van der Waals surface area contributed by atoms with Crippen molar-refractivity contribution in [3.63, 3.8) is 0 Å². The predicted octanol–water partition coefficient (Wildman–Crippen LogP) is 17.0. The number of hydrogen-bond acceptors (Lipinski definition) is 5. The average molecular weight is 815 g/mol. The lowest BCUT2D eigenvalue weighted by Crippen LogP contribution is -2.30. The van der Waals surface area contributed by atoms with Gasteiger partial charge in [-0.25, -0.2) is 0 Å². The molecule has 0 heterocycles. The van der Waals surface area contributed by atoms with Crippen LogP contribution in [-0.4, -0.2) is 37.9 Å². The van der Waals surface area contributed by atoms with Crippen molar-refractivity contribution in [2.45, 2.75) is 271 Å². The molecule has 0 saturated carbocycles. The summed E-state index contributed by atoms with van der Waals surface area (Å²) < 4.78 is 17.3. The zero-order chi connectivity index (χ0) is 42.1. The molecule has 5 heteroatoms. The van der Waals surface area contributed by atoms with Crippen LogP contribution in [0.4, 0.5) is 0 Å². The van der Waals surface area contributed by atoms with Crippen LogP contribution in [0.25, 0.3) is 0 Å². The number of allylic oxidation sites excluding steroid dienone is 6.